The molecule has 19 heavy (non-hydrogen) atoms. The molecule has 0 saturated heterocycles. The van der Waals surface area contributed by atoms with Crippen LogP contribution < -0.4 is 5.32 Å². The number of fused-ring (bicyclic) bond motifs is 1. The highest BCUT2D eigenvalue weighted by atomic mass is 16.5. The first-order valence-electron chi connectivity index (χ1n) is 5.99. The number of aryl methyl sites for hydroxylation is 1. The van der Waals surface area contributed by atoms with Gasteiger partial charge in [0.05, 0.1) is 12.6 Å². The lowest BCUT2D eigenvalue weighted by atomic mass is 10.1. The van der Waals surface area contributed by atoms with Crippen molar-refractivity contribution in [2.24, 2.45) is 0 Å². The van der Waals surface area contributed by atoms with Crippen LogP contribution in [0.25, 0.3) is 17.0 Å². The molecule has 0 atom stereocenters. The van der Waals surface area contributed by atoms with Crippen LogP contribution in [0.15, 0.2) is 30.3 Å². The predicted molar refractivity (Wildman–Crippen MR) is 77.1 cm³/mol. The van der Waals surface area contributed by atoms with Gasteiger partial charge in [-0.2, -0.15) is 0 Å². The van der Waals surface area contributed by atoms with Gasteiger partial charge in [0.25, 0.3) is 0 Å². The maximum atomic E-state index is 11.2. The maximum absolute atomic E-state index is 11.2. The number of hydrogen-bond donors (Lipinski definition) is 1. The zero-order valence-electron chi connectivity index (χ0n) is 11.2. The molecule has 2 aromatic rings. The first-order chi connectivity index (χ1) is 9.13. The minimum absolute atomic E-state index is 0.383. The molecule has 1 N–H and O–H groups in total. The Balaban J connectivity index is 2.52. The van der Waals surface area contributed by atoms with E-state index in [1.165, 1.54) is 18.7 Å². The van der Waals surface area contributed by atoms with Crippen LogP contribution in [0.2, 0.25) is 0 Å². The molecule has 0 aliphatic rings. The number of hydrogen-bond acceptors (Lipinski definition) is 4. The number of pyridine rings is 1. The molecule has 0 aliphatic carbocycles. The Morgan fingerprint density at radius 3 is 2.84 bits per heavy atom. The quantitative estimate of drug-likeness (QED) is 0.677. The molecule has 4 heteroatoms. The van der Waals surface area contributed by atoms with Crippen LogP contribution in [0.5, 0.6) is 0 Å². The molecule has 4 nitrogen and oxygen atoms in total. The van der Waals surface area contributed by atoms with E-state index in [9.17, 15) is 4.79 Å². The van der Waals surface area contributed by atoms with E-state index in [2.05, 4.69) is 21.1 Å². The molecule has 0 unspecified atom stereocenters. The Morgan fingerprint density at radius 2 is 2.16 bits per heavy atom. The van der Waals surface area contributed by atoms with Gasteiger partial charge in [-0.1, -0.05) is 11.6 Å². The summed E-state index contributed by atoms with van der Waals surface area (Å²) in [5.41, 5.74) is 2.95. The lowest BCUT2D eigenvalue weighted by molar-refractivity contribution is -0.134. The summed E-state index contributed by atoms with van der Waals surface area (Å²) in [6.07, 6.45) is 3.09. The van der Waals surface area contributed by atoms with Gasteiger partial charge in [0.15, 0.2) is 0 Å². The summed E-state index contributed by atoms with van der Waals surface area (Å²) in [4.78, 5) is 15.7. The average Bonchev–Trinajstić information content (AvgIpc) is 2.43. The van der Waals surface area contributed by atoms with E-state index < -0.39 is 0 Å². The fraction of sp³-hybridized carbons (Fsp3) is 0.200. The van der Waals surface area contributed by atoms with Crippen molar-refractivity contribution in [2.45, 2.75) is 6.92 Å². The Labute approximate surface area is 112 Å². The molecular formula is C15H16N2O2. The van der Waals surface area contributed by atoms with Gasteiger partial charge in [-0.25, -0.2) is 9.78 Å². The van der Waals surface area contributed by atoms with Gasteiger partial charge < -0.3 is 10.1 Å². The van der Waals surface area contributed by atoms with Crippen LogP contribution in [0.3, 0.4) is 0 Å². The summed E-state index contributed by atoms with van der Waals surface area (Å²) in [6, 6.07) is 8.08. The fourth-order valence-electron chi connectivity index (χ4n) is 1.87. The second kappa shape index (κ2) is 5.52. The third-order valence-corrected chi connectivity index (χ3v) is 2.84. The van der Waals surface area contributed by atoms with Crippen molar-refractivity contribution in [3.8, 4) is 0 Å². The minimum Gasteiger partial charge on any atom is -0.466 e. The summed E-state index contributed by atoms with van der Waals surface area (Å²) < 4.78 is 4.59. The molecule has 0 spiro atoms. The first kappa shape index (κ1) is 13.1. The van der Waals surface area contributed by atoms with Crippen LogP contribution in [0.4, 0.5) is 5.82 Å². The van der Waals surface area contributed by atoms with Gasteiger partial charge in [-0.05, 0) is 31.2 Å². The molecule has 1 aromatic carbocycles. The second-order valence-electron chi connectivity index (χ2n) is 4.23. The Kier molecular flexibility index (Phi) is 3.80. The minimum atomic E-state index is -0.383. The highest BCUT2D eigenvalue weighted by Crippen LogP contribution is 2.22. The highest BCUT2D eigenvalue weighted by molar-refractivity contribution is 5.91. The van der Waals surface area contributed by atoms with Crippen molar-refractivity contribution < 1.29 is 9.53 Å². The van der Waals surface area contributed by atoms with Crippen LogP contribution in [-0.4, -0.2) is 25.1 Å². The van der Waals surface area contributed by atoms with Gasteiger partial charge in [0, 0.05) is 24.1 Å². The predicted octanol–water partition coefficient (Wildman–Crippen LogP) is 2.77. The number of esters is 1. The van der Waals surface area contributed by atoms with Crippen molar-refractivity contribution >= 4 is 28.8 Å². The number of nitrogens with one attached hydrogen (secondary N) is 1. The maximum Gasteiger partial charge on any atom is 0.330 e. The molecule has 1 heterocycles. The number of carbonyl (C=O) groups excluding carboxylic acids is 1. The van der Waals surface area contributed by atoms with E-state index >= 15 is 0 Å². The molecule has 0 saturated carbocycles. The van der Waals surface area contributed by atoms with E-state index in [0.29, 0.717) is 0 Å². The van der Waals surface area contributed by atoms with E-state index in [1.807, 2.05) is 25.1 Å². The Bertz CT molecular complexity index is 648. The van der Waals surface area contributed by atoms with Crippen molar-refractivity contribution in [3.63, 3.8) is 0 Å². The average molecular weight is 256 g/mol. The molecule has 2 rings (SSSR count). The van der Waals surface area contributed by atoms with Crippen LogP contribution in [0, 0.1) is 6.92 Å². The standard InChI is InChI=1S/C15H16N2O2/c1-10-4-6-13-12(8-10)9-11(15(16-2)17-13)5-7-14(18)19-3/h4-9H,1-3H3,(H,16,17)/b7-5+. The number of nitrogens with zero attached hydrogens (tertiary/aromatic N) is 1. The van der Waals surface area contributed by atoms with E-state index in [4.69, 9.17) is 0 Å². The van der Waals surface area contributed by atoms with Crippen LogP contribution >= 0.6 is 0 Å². The first-order valence-corrected chi connectivity index (χ1v) is 5.99. The molecule has 0 amide bonds. The van der Waals surface area contributed by atoms with Gasteiger partial charge >= 0.3 is 5.97 Å². The zero-order chi connectivity index (χ0) is 13.8. The Morgan fingerprint density at radius 1 is 1.37 bits per heavy atom. The van der Waals surface area contributed by atoms with Crippen molar-refractivity contribution in [2.75, 3.05) is 19.5 Å². The van der Waals surface area contributed by atoms with Crippen molar-refractivity contribution in [1.29, 1.82) is 0 Å². The van der Waals surface area contributed by atoms with Crippen LogP contribution in [-0.2, 0) is 9.53 Å². The fourth-order valence-corrected chi connectivity index (χ4v) is 1.87. The normalized spacial score (nSPS) is 10.9. The summed E-state index contributed by atoms with van der Waals surface area (Å²) in [5, 5.41) is 4.07. The number of anilines is 1. The lowest BCUT2D eigenvalue weighted by Gasteiger charge is -2.07. The smallest absolute Gasteiger partial charge is 0.330 e. The second-order valence-corrected chi connectivity index (χ2v) is 4.23. The number of aromatic nitrogens is 1. The zero-order valence-corrected chi connectivity index (χ0v) is 11.2. The lowest BCUT2D eigenvalue weighted by Crippen LogP contribution is -1.98. The SMILES string of the molecule is CNc1nc2ccc(C)cc2cc1/C=C/C(=O)OC. The molecular weight excluding hydrogens is 240 g/mol. The number of carbonyl (C=O) groups is 1. The van der Waals surface area contributed by atoms with Gasteiger partial charge in [-0.3, -0.25) is 0 Å². The molecule has 98 valence electrons. The number of ether oxygens (including phenoxy) is 1. The molecule has 0 aliphatic heterocycles. The van der Waals surface area contributed by atoms with Crippen molar-refractivity contribution in [3.05, 3.63) is 41.5 Å². The summed E-state index contributed by atoms with van der Waals surface area (Å²) >= 11 is 0. The van der Waals surface area contributed by atoms with Crippen molar-refractivity contribution in [1.82, 2.24) is 4.98 Å². The van der Waals surface area contributed by atoms with E-state index in [1.54, 1.807) is 13.1 Å². The number of methoxy groups -OCH3 is 1. The molecule has 0 radical (unpaired) electrons. The van der Waals surface area contributed by atoms with Gasteiger partial charge in [-0.15, -0.1) is 0 Å². The third kappa shape index (κ3) is 2.91. The van der Waals surface area contributed by atoms with Crippen LogP contribution in [0.1, 0.15) is 11.1 Å². The largest absolute Gasteiger partial charge is 0.466 e. The van der Waals surface area contributed by atoms with Gasteiger partial charge in [0.1, 0.15) is 5.82 Å². The van der Waals surface area contributed by atoms with E-state index in [0.717, 1.165) is 22.3 Å². The third-order valence-electron chi connectivity index (χ3n) is 2.84. The summed E-state index contributed by atoms with van der Waals surface area (Å²) in [5.74, 6) is 0.350. The van der Waals surface area contributed by atoms with Gasteiger partial charge in [0.2, 0.25) is 0 Å². The number of rotatable bonds is 3. The van der Waals surface area contributed by atoms with E-state index in [-0.39, 0.29) is 5.97 Å². The topological polar surface area (TPSA) is 51.2 Å². The summed E-state index contributed by atoms with van der Waals surface area (Å²) in [7, 11) is 3.16. The molecule has 0 fully saturated rings. The number of benzene rings is 1. The monoisotopic (exact) mass is 256 g/mol. The summed E-state index contributed by atoms with van der Waals surface area (Å²) in [6.45, 7) is 2.04. The molecule has 1 aromatic heterocycles. The highest BCUT2D eigenvalue weighted by Gasteiger charge is 2.04. The Hall–Kier alpha value is -2.36. The molecule has 0 bridgehead atoms.